The molecule has 3 heterocycles. The molecule has 1 aliphatic heterocycles. The number of aromatic nitrogens is 5. The van der Waals surface area contributed by atoms with Crippen LogP contribution in [0.5, 0.6) is 0 Å². The highest BCUT2D eigenvalue weighted by atomic mass is 16.5. The van der Waals surface area contributed by atoms with Crippen LogP contribution >= 0.6 is 0 Å². The Morgan fingerprint density at radius 1 is 1.32 bits per heavy atom. The number of ether oxygens (including phenoxy) is 1. The monoisotopic (exact) mass is 302 g/mol. The Bertz CT molecular complexity index is 618. The fraction of sp³-hybridized carbons (Fsp3) is 0.667. The summed E-state index contributed by atoms with van der Waals surface area (Å²) in [5.41, 5.74) is 0. The Kier molecular flexibility index (Phi) is 3.67. The highest BCUT2D eigenvalue weighted by molar-refractivity contribution is 5.07. The molecule has 0 N–H and O–H groups in total. The van der Waals surface area contributed by atoms with Gasteiger partial charge in [0.25, 0.3) is 0 Å². The van der Waals surface area contributed by atoms with Crippen LogP contribution in [0.15, 0.2) is 18.5 Å². The normalized spacial score (nSPS) is 23.0. The van der Waals surface area contributed by atoms with E-state index in [4.69, 9.17) is 4.74 Å². The van der Waals surface area contributed by atoms with Crippen molar-refractivity contribution >= 4 is 0 Å². The van der Waals surface area contributed by atoms with Crippen LogP contribution in [-0.2, 0) is 24.9 Å². The molecular weight excluding hydrogens is 280 g/mol. The maximum Gasteiger partial charge on any atom is 0.146 e. The molecular formula is C15H22N6O. The second kappa shape index (κ2) is 5.81. The number of hydrogen-bond donors (Lipinski definition) is 0. The van der Waals surface area contributed by atoms with E-state index in [1.54, 1.807) is 6.20 Å². The van der Waals surface area contributed by atoms with Crippen molar-refractivity contribution in [1.82, 2.24) is 29.4 Å². The van der Waals surface area contributed by atoms with Crippen LogP contribution < -0.4 is 0 Å². The van der Waals surface area contributed by atoms with Crippen LogP contribution in [-0.4, -0.2) is 55.2 Å². The molecule has 118 valence electrons. The van der Waals surface area contributed by atoms with Gasteiger partial charge >= 0.3 is 0 Å². The first-order chi connectivity index (χ1) is 10.8. The van der Waals surface area contributed by atoms with Gasteiger partial charge in [0.2, 0.25) is 0 Å². The molecule has 2 aliphatic rings. The summed E-state index contributed by atoms with van der Waals surface area (Å²) in [6, 6.07) is 1.94. The van der Waals surface area contributed by atoms with Gasteiger partial charge in [-0.15, -0.1) is 10.2 Å². The molecule has 0 radical (unpaired) electrons. The summed E-state index contributed by atoms with van der Waals surface area (Å²) < 4.78 is 9.97. The Morgan fingerprint density at radius 2 is 2.23 bits per heavy atom. The SMILES string of the molecule is Cn1c(CN2CCOC(Cn3cccn3)C2)nnc1C1CC1. The van der Waals surface area contributed by atoms with Crippen molar-refractivity contribution in [2.24, 2.45) is 7.05 Å². The van der Waals surface area contributed by atoms with Crippen LogP contribution in [0.4, 0.5) is 0 Å². The van der Waals surface area contributed by atoms with Crippen molar-refractivity contribution in [3.8, 4) is 0 Å². The molecule has 22 heavy (non-hydrogen) atoms. The first-order valence-electron chi connectivity index (χ1n) is 7.99. The molecule has 2 fully saturated rings. The summed E-state index contributed by atoms with van der Waals surface area (Å²) in [5.74, 6) is 2.85. The lowest BCUT2D eigenvalue weighted by atomic mass is 10.2. The van der Waals surface area contributed by atoms with Gasteiger partial charge in [-0.3, -0.25) is 9.58 Å². The van der Waals surface area contributed by atoms with Crippen LogP contribution in [0.3, 0.4) is 0 Å². The second-order valence-corrected chi connectivity index (χ2v) is 6.26. The van der Waals surface area contributed by atoms with Gasteiger partial charge in [0.05, 0.1) is 25.8 Å². The largest absolute Gasteiger partial charge is 0.374 e. The zero-order valence-electron chi connectivity index (χ0n) is 12.9. The molecule has 1 saturated carbocycles. The molecule has 1 saturated heterocycles. The van der Waals surface area contributed by atoms with E-state index in [0.29, 0.717) is 5.92 Å². The maximum absolute atomic E-state index is 5.86. The highest BCUT2D eigenvalue weighted by Gasteiger charge is 2.30. The predicted molar refractivity (Wildman–Crippen MR) is 80.2 cm³/mol. The minimum atomic E-state index is 0.185. The Morgan fingerprint density at radius 3 is 3.00 bits per heavy atom. The number of hydrogen-bond acceptors (Lipinski definition) is 5. The molecule has 0 amide bonds. The zero-order valence-corrected chi connectivity index (χ0v) is 12.9. The van der Waals surface area contributed by atoms with E-state index >= 15 is 0 Å². The van der Waals surface area contributed by atoms with Gasteiger partial charge in [0.15, 0.2) is 0 Å². The Hall–Kier alpha value is -1.73. The van der Waals surface area contributed by atoms with Gasteiger partial charge in [-0.05, 0) is 18.9 Å². The van der Waals surface area contributed by atoms with Gasteiger partial charge in [-0.25, -0.2) is 0 Å². The fourth-order valence-corrected chi connectivity index (χ4v) is 3.06. The minimum Gasteiger partial charge on any atom is -0.374 e. The molecule has 0 bridgehead atoms. The number of morpholine rings is 1. The van der Waals surface area contributed by atoms with Crippen molar-refractivity contribution in [3.63, 3.8) is 0 Å². The Labute approximate surface area is 129 Å². The molecule has 0 spiro atoms. The minimum absolute atomic E-state index is 0.185. The van der Waals surface area contributed by atoms with E-state index in [0.717, 1.165) is 44.4 Å². The van der Waals surface area contributed by atoms with E-state index in [9.17, 15) is 0 Å². The third-order valence-corrected chi connectivity index (χ3v) is 4.48. The summed E-state index contributed by atoms with van der Waals surface area (Å²) in [5, 5.41) is 13.0. The van der Waals surface area contributed by atoms with Crippen LogP contribution in [0.1, 0.15) is 30.4 Å². The molecule has 1 aliphatic carbocycles. The lowest BCUT2D eigenvalue weighted by Gasteiger charge is -2.32. The molecule has 2 aromatic rings. The van der Waals surface area contributed by atoms with Gasteiger partial charge in [0, 0.05) is 38.4 Å². The average molecular weight is 302 g/mol. The predicted octanol–water partition coefficient (Wildman–Crippen LogP) is 0.790. The lowest BCUT2D eigenvalue weighted by Crippen LogP contribution is -2.44. The average Bonchev–Trinajstić information content (AvgIpc) is 3.12. The molecule has 4 rings (SSSR count). The Balaban J connectivity index is 1.38. The van der Waals surface area contributed by atoms with Crippen molar-refractivity contribution in [3.05, 3.63) is 30.1 Å². The standard InChI is InChI=1S/C15H22N6O/c1-19-14(17-18-15(19)12-3-4-12)11-20-7-8-22-13(9-20)10-21-6-2-5-16-21/h2,5-6,12-13H,3-4,7-11H2,1H3. The van der Waals surface area contributed by atoms with Crippen molar-refractivity contribution in [2.45, 2.75) is 38.0 Å². The summed E-state index contributed by atoms with van der Waals surface area (Å²) >= 11 is 0. The van der Waals surface area contributed by atoms with Gasteiger partial charge in [-0.1, -0.05) is 0 Å². The third kappa shape index (κ3) is 2.91. The molecule has 7 nitrogen and oxygen atoms in total. The summed E-state index contributed by atoms with van der Waals surface area (Å²) in [7, 11) is 2.09. The van der Waals surface area contributed by atoms with Gasteiger partial charge in [0.1, 0.15) is 11.6 Å². The maximum atomic E-state index is 5.86. The van der Waals surface area contributed by atoms with Gasteiger partial charge in [-0.2, -0.15) is 5.10 Å². The van der Waals surface area contributed by atoms with Crippen molar-refractivity contribution < 1.29 is 4.74 Å². The van der Waals surface area contributed by atoms with E-state index in [1.807, 2.05) is 16.9 Å². The van der Waals surface area contributed by atoms with Crippen molar-refractivity contribution in [2.75, 3.05) is 19.7 Å². The van der Waals surface area contributed by atoms with Crippen molar-refractivity contribution in [1.29, 1.82) is 0 Å². The summed E-state index contributed by atoms with van der Waals surface area (Å²) in [6.45, 7) is 4.26. The lowest BCUT2D eigenvalue weighted by molar-refractivity contribution is -0.0411. The van der Waals surface area contributed by atoms with E-state index < -0.39 is 0 Å². The summed E-state index contributed by atoms with van der Waals surface area (Å²) in [4.78, 5) is 2.40. The quantitative estimate of drug-likeness (QED) is 0.817. The van der Waals surface area contributed by atoms with Crippen LogP contribution in [0.2, 0.25) is 0 Å². The van der Waals surface area contributed by atoms with E-state index in [-0.39, 0.29) is 6.10 Å². The number of nitrogens with zero attached hydrogens (tertiary/aromatic N) is 6. The van der Waals surface area contributed by atoms with E-state index in [2.05, 4.69) is 31.8 Å². The van der Waals surface area contributed by atoms with E-state index in [1.165, 1.54) is 12.8 Å². The molecule has 0 aromatic carbocycles. The van der Waals surface area contributed by atoms with Crippen LogP contribution in [0, 0.1) is 0 Å². The summed E-state index contributed by atoms with van der Waals surface area (Å²) in [6.07, 6.45) is 6.49. The molecule has 2 aromatic heterocycles. The van der Waals surface area contributed by atoms with Crippen LogP contribution in [0.25, 0.3) is 0 Å². The molecule has 1 atom stereocenters. The topological polar surface area (TPSA) is 61.0 Å². The number of rotatable bonds is 5. The molecule has 7 heteroatoms. The fourth-order valence-electron chi connectivity index (χ4n) is 3.06. The zero-order chi connectivity index (χ0) is 14.9. The first kappa shape index (κ1) is 13.9. The van der Waals surface area contributed by atoms with Gasteiger partial charge < -0.3 is 9.30 Å². The third-order valence-electron chi connectivity index (χ3n) is 4.48. The highest BCUT2D eigenvalue weighted by Crippen LogP contribution is 2.38. The smallest absolute Gasteiger partial charge is 0.146 e. The first-order valence-corrected chi connectivity index (χ1v) is 7.99. The second-order valence-electron chi connectivity index (χ2n) is 6.26. The molecule has 1 unspecified atom stereocenters.